The molecule has 3 aromatic rings. The van der Waals surface area contributed by atoms with Crippen molar-refractivity contribution in [2.45, 2.75) is 12.8 Å². The zero-order valence-corrected chi connectivity index (χ0v) is 24.0. The van der Waals surface area contributed by atoms with E-state index in [1.807, 2.05) is 42.5 Å². The minimum atomic E-state index is 0.484. The summed E-state index contributed by atoms with van der Waals surface area (Å²) in [5, 5.41) is 4.99. The normalized spacial score (nSPS) is 16.6. The number of benzene rings is 2. The molecule has 5 rings (SSSR count). The van der Waals surface area contributed by atoms with Crippen LogP contribution < -0.4 is 19.5 Å². The Kier molecular flexibility index (Phi) is 10.6. The van der Waals surface area contributed by atoms with Gasteiger partial charge in [0.2, 0.25) is 5.88 Å². The van der Waals surface area contributed by atoms with Crippen molar-refractivity contribution in [2.24, 2.45) is 0 Å². The first kappa shape index (κ1) is 28.7. The number of rotatable bonds is 13. The van der Waals surface area contributed by atoms with Crippen LogP contribution in [0, 0.1) is 0 Å². The number of aromatic nitrogens is 1. The van der Waals surface area contributed by atoms with Crippen molar-refractivity contribution < 1.29 is 23.7 Å². The highest BCUT2D eigenvalue weighted by atomic mass is 35.5. The van der Waals surface area contributed by atoms with Gasteiger partial charge in [0.1, 0.15) is 5.75 Å². The number of hydrogen-bond donors (Lipinski definition) is 1. The van der Waals surface area contributed by atoms with E-state index in [-0.39, 0.29) is 0 Å². The van der Waals surface area contributed by atoms with Crippen LogP contribution >= 0.6 is 11.6 Å². The molecule has 3 heterocycles. The molecule has 0 atom stereocenters. The summed E-state index contributed by atoms with van der Waals surface area (Å²) in [6.45, 7) is 10.7. The number of pyridine rings is 1. The van der Waals surface area contributed by atoms with Gasteiger partial charge in [-0.15, -0.1) is 0 Å². The van der Waals surface area contributed by atoms with Crippen LogP contribution in [0.4, 0.5) is 5.69 Å². The number of ether oxygens (including phenoxy) is 5. The summed E-state index contributed by atoms with van der Waals surface area (Å²) in [6.07, 6.45) is 1.97. The number of anilines is 1. The number of nitrogens with one attached hydrogen (secondary N) is 1. The zero-order valence-electron chi connectivity index (χ0n) is 23.2. The minimum absolute atomic E-state index is 0.484. The average molecular weight is 571 g/mol. The predicted octanol–water partition coefficient (Wildman–Crippen LogP) is 4.92. The lowest BCUT2D eigenvalue weighted by atomic mass is 10.2. The van der Waals surface area contributed by atoms with E-state index >= 15 is 0 Å². The van der Waals surface area contributed by atoms with Gasteiger partial charge in [-0.2, -0.15) is 0 Å². The second-order valence-corrected chi connectivity index (χ2v) is 10.4. The quantitative estimate of drug-likeness (QED) is 0.288. The highest BCUT2D eigenvalue weighted by Gasteiger charge is 2.13. The van der Waals surface area contributed by atoms with Crippen LogP contribution in [0.1, 0.15) is 12.8 Å². The van der Waals surface area contributed by atoms with Gasteiger partial charge in [0.05, 0.1) is 56.4 Å². The van der Waals surface area contributed by atoms with E-state index in [4.69, 9.17) is 40.3 Å². The SMILES string of the molecule is COc1cc2ccc(Oc3ccc(NCCCN4CCOCC4)c(Cl)c3)nc2cc1OCCCN1CCOCC1. The van der Waals surface area contributed by atoms with E-state index < -0.39 is 0 Å². The topological polar surface area (TPSA) is 77.6 Å². The number of halogens is 1. The van der Waals surface area contributed by atoms with Gasteiger partial charge in [0.25, 0.3) is 0 Å². The van der Waals surface area contributed by atoms with Crippen molar-refractivity contribution in [3.05, 3.63) is 47.5 Å². The molecule has 2 fully saturated rings. The van der Waals surface area contributed by atoms with E-state index in [1.165, 1.54) is 0 Å². The standard InChI is InChI=1S/C30H39ClN4O5/c1-36-28-20-23-4-7-30(33-27(23)22-29(28)39-15-3-10-35-13-18-38-19-14-35)40-24-5-6-26(25(31)21-24)32-8-2-9-34-11-16-37-17-12-34/h4-7,20-22,32H,2-3,8-19H2,1H3. The van der Waals surface area contributed by atoms with Gasteiger partial charge in [-0.1, -0.05) is 11.6 Å². The van der Waals surface area contributed by atoms with E-state index in [1.54, 1.807) is 7.11 Å². The first-order valence-corrected chi connectivity index (χ1v) is 14.5. The second-order valence-electron chi connectivity index (χ2n) is 9.98. The molecule has 9 nitrogen and oxygen atoms in total. The Morgan fingerprint density at radius 2 is 1.60 bits per heavy atom. The minimum Gasteiger partial charge on any atom is -0.493 e. The van der Waals surface area contributed by atoms with Crippen molar-refractivity contribution in [2.75, 3.05) is 91.3 Å². The van der Waals surface area contributed by atoms with Gasteiger partial charge in [-0.25, -0.2) is 4.98 Å². The van der Waals surface area contributed by atoms with Crippen molar-refractivity contribution in [3.8, 4) is 23.1 Å². The van der Waals surface area contributed by atoms with Crippen LogP contribution in [-0.4, -0.2) is 101 Å². The lowest BCUT2D eigenvalue weighted by molar-refractivity contribution is 0.0357. The summed E-state index contributed by atoms with van der Waals surface area (Å²) < 4.78 is 28.6. The first-order valence-electron chi connectivity index (χ1n) is 14.1. The Morgan fingerprint density at radius 3 is 2.30 bits per heavy atom. The van der Waals surface area contributed by atoms with Crippen LogP contribution in [0.5, 0.6) is 23.1 Å². The van der Waals surface area contributed by atoms with Gasteiger partial charge in [-0.05, 0) is 43.7 Å². The molecule has 0 bridgehead atoms. The number of methoxy groups -OCH3 is 1. The maximum Gasteiger partial charge on any atom is 0.219 e. The van der Waals surface area contributed by atoms with Gasteiger partial charge >= 0.3 is 0 Å². The third-order valence-corrected chi connectivity index (χ3v) is 7.47. The Bertz CT molecular complexity index is 1230. The van der Waals surface area contributed by atoms with E-state index in [0.717, 1.165) is 102 Å². The first-order chi connectivity index (χ1) is 19.7. The van der Waals surface area contributed by atoms with Crippen LogP contribution in [0.15, 0.2) is 42.5 Å². The fourth-order valence-electron chi connectivity index (χ4n) is 4.91. The maximum absolute atomic E-state index is 6.55. The highest BCUT2D eigenvalue weighted by molar-refractivity contribution is 6.33. The third-order valence-electron chi connectivity index (χ3n) is 7.16. The molecule has 1 N–H and O–H groups in total. The van der Waals surface area contributed by atoms with Crippen molar-refractivity contribution in [1.29, 1.82) is 0 Å². The number of fused-ring (bicyclic) bond motifs is 1. The summed E-state index contributed by atoms with van der Waals surface area (Å²) in [7, 11) is 1.65. The summed E-state index contributed by atoms with van der Waals surface area (Å²) in [6, 6.07) is 13.3. The molecule has 0 unspecified atom stereocenters. The van der Waals surface area contributed by atoms with Gasteiger partial charge in [0.15, 0.2) is 11.5 Å². The van der Waals surface area contributed by atoms with Crippen LogP contribution in [0.3, 0.4) is 0 Å². The van der Waals surface area contributed by atoms with E-state index in [9.17, 15) is 0 Å². The lowest BCUT2D eigenvalue weighted by Gasteiger charge is -2.26. The molecule has 0 amide bonds. The van der Waals surface area contributed by atoms with Gasteiger partial charge < -0.3 is 29.0 Å². The Labute approximate surface area is 241 Å². The zero-order chi connectivity index (χ0) is 27.6. The molecule has 0 aliphatic carbocycles. The smallest absolute Gasteiger partial charge is 0.219 e. The summed E-state index contributed by atoms with van der Waals surface area (Å²) in [5.74, 6) is 2.48. The molecule has 40 heavy (non-hydrogen) atoms. The van der Waals surface area contributed by atoms with Crippen molar-refractivity contribution in [3.63, 3.8) is 0 Å². The van der Waals surface area contributed by atoms with E-state index in [2.05, 4.69) is 15.1 Å². The second kappa shape index (κ2) is 14.7. The number of morpholine rings is 2. The molecule has 0 spiro atoms. The average Bonchev–Trinajstić information content (AvgIpc) is 2.99. The van der Waals surface area contributed by atoms with Gasteiger partial charge in [0, 0.05) is 62.9 Å². The molecule has 1 aromatic heterocycles. The van der Waals surface area contributed by atoms with E-state index in [0.29, 0.717) is 34.8 Å². The summed E-state index contributed by atoms with van der Waals surface area (Å²) in [5.41, 5.74) is 1.66. The number of hydrogen-bond acceptors (Lipinski definition) is 9. The Morgan fingerprint density at radius 1 is 0.875 bits per heavy atom. The molecule has 10 heteroatoms. The maximum atomic E-state index is 6.55. The Hall–Kier alpha value is -2.82. The third kappa shape index (κ3) is 8.11. The molecule has 2 aliphatic heterocycles. The largest absolute Gasteiger partial charge is 0.493 e. The Balaban J connectivity index is 1.15. The number of nitrogens with zero attached hydrogens (tertiary/aromatic N) is 3. The monoisotopic (exact) mass is 570 g/mol. The van der Waals surface area contributed by atoms with Crippen LogP contribution in [0.2, 0.25) is 5.02 Å². The molecule has 0 saturated carbocycles. The molecular formula is C30H39ClN4O5. The summed E-state index contributed by atoms with van der Waals surface area (Å²) >= 11 is 6.55. The van der Waals surface area contributed by atoms with Crippen LogP contribution in [-0.2, 0) is 9.47 Å². The lowest BCUT2D eigenvalue weighted by Crippen LogP contribution is -2.37. The fourth-order valence-corrected chi connectivity index (χ4v) is 5.15. The molecule has 2 saturated heterocycles. The van der Waals surface area contributed by atoms with Gasteiger partial charge in [-0.3, -0.25) is 9.80 Å². The molecule has 2 aliphatic rings. The molecule has 216 valence electrons. The molecule has 2 aromatic carbocycles. The predicted molar refractivity (Wildman–Crippen MR) is 158 cm³/mol. The van der Waals surface area contributed by atoms with Crippen LogP contribution in [0.25, 0.3) is 10.9 Å². The molecular weight excluding hydrogens is 532 g/mol. The highest BCUT2D eigenvalue weighted by Crippen LogP contribution is 2.34. The van der Waals surface area contributed by atoms with Crippen molar-refractivity contribution in [1.82, 2.24) is 14.8 Å². The summed E-state index contributed by atoms with van der Waals surface area (Å²) in [4.78, 5) is 9.54. The molecule has 0 radical (unpaired) electrons. The van der Waals surface area contributed by atoms with Crippen molar-refractivity contribution >= 4 is 28.2 Å². The fraction of sp³-hybridized carbons (Fsp3) is 0.500.